The SMILES string of the molecule is Cn1c(CON2C(=O)c3ccccc3C2=O)ncc(OCc2ccccc2)c1=O. The molecule has 0 spiro atoms. The predicted octanol–water partition coefficient (Wildman–Crippen LogP) is 2.09. The van der Waals surface area contributed by atoms with Crippen molar-refractivity contribution >= 4 is 11.8 Å². The number of amides is 2. The Bertz CT molecular complexity index is 1110. The molecular weight excluding hydrogens is 374 g/mol. The van der Waals surface area contributed by atoms with E-state index in [-0.39, 0.29) is 35.9 Å². The molecule has 4 rings (SSSR count). The molecule has 2 aromatic carbocycles. The number of imide groups is 1. The standard InChI is InChI=1S/C21H17N3O5/c1-23-18(13-29-24-19(25)15-9-5-6-10-16(15)20(24)26)22-11-17(21(23)27)28-12-14-7-3-2-4-8-14/h2-11H,12-13H2,1H3. The van der Waals surface area contributed by atoms with Gasteiger partial charge in [0, 0.05) is 7.05 Å². The summed E-state index contributed by atoms with van der Waals surface area (Å²) in [4.78, 5) is 46.7. The van der Waals surface area contributed by atoms with Gasteiger partial charge in [0.05, 0.1) is 17.3 Å². The molecule has 0 radical (unpaired) electrons. The number of hydroxylamine groups is 2. The molecular formula is C21H17N3O5. The first-order valence-corrected chi connectivity index (χ1v) is 8.88. The number of hydrogen-bond acceptors (Lipinski definition) is 6. The fourth-order valence-corrected chi connectivity index (χ4v) is 2.93. The molecule has 0 fully saturated rings. The number of carbonyl (C=O) groups excluding carboxylic acids is 2. The van der Waals surface area contributed by atoms with E-state index < -0.39 is 17.4 Å². The van der Waals surface area contributed by atoms with Crippen molar-refractivity contribution < 1.29 is 19.2 Å². The number of ether oxygens (including phenoxy) is 1. The van der Waals surface area contributed by atoms with Crippen LogP contribution >= 0.6 is 0 Å². The summed E-state index contributed by atoms with van der Waals surface area (Å²) in [6.07, 6.45) is 1.31. The lowest BCUT2D eigenvalue weighted by Crippen LogP contribution is -2.31. The summed E-state index contributed by atoms with van der Waals surface area (Å²) >= 11 is 0. The molecule has 0 N–H and O–H groups in total. The molecule has 0 atom stereocenters. The first-order chi connectivity index (χ1) is 14.1. The number of fused-ring (bicyclic) bond motifs is 1. The normalized spacial score (nSPS) is 12.9. The van der Waals surface area contributed by atoms with Crippen molar-refractivity contribution in [2.45, 2.75) is 13.2 Å². The summed E-state index contributed by atoms with van der Waals surface area (Å²) in [5, 5.41) is 0.691. The Kier molecular flexibility index (Phi) is 4.92. The van der Waals surface area contributed by atoms with Crippen LogP contribution in [0.25, 0.3) is 0 Å². The van der Waals surface area contributed by atoms with Crippen LogP contribution in [0.3, 0.4) is 0 Å². The predicted molar refractivity (Wildman–Crippen MR) is 102 cm³/mol. The van der Waals surface area contributed by atoms with Crippen LogP contribution in [0.4, 0.5) is 0 Å². The van der Waals surface area contributed by atoms with Gasteiger partial charge in [0.25, 0.3) is 17.4 Å². The highest BCUT2D eigenvalue weighted by Crippen LogP contribution is 2.23. The molecule has 0 unspecified atom stereocenters. The van der Waals surface area contributed by atoms with Gasteiger partial charge in [-0.05, 0) is 17.7 Å². The average Bonchev–Trinajstić information content (AvgIpc) is 2.99. The number of benzene rings is 2. The molecule has 1 aliphatic heterocycles. The smallest absolute Gasteiger partial charge is 0.295 e. The summed E-state index contributed by atoms with van der Waals surface area (Å²) in [7, 11) is 1.52. The maximum absolute atomic E-state index is 12.5. The maximum atomic E-state index is 12.5. The lowest BCUT2D eigenvalue weighted by Gasteiger charge is -2.15. The molecule has 29 heavy (non-hydrogen) atoms. The van der Waals surface area contributed by atoms with Crippen molar-refractivity contribution in [3.63, 3.8) is 0 Å². The highest BCUT2D eigenvalue weighted by molar-refractivity contribution is 6.20. The monoisotopic (exact) mass is 391 g/mol. The number of carbonyl (C=O) groups is 2. The zero-order chi connectivity index (χ0) is 20.4. The number of hydrogen-bond donors (Lipinski definition) is 0. The van der Waals surface area contributed by atoms with Crippen LogP contribution in [0, 0.1) is 0 Å². The fourth-order valence-electron chi connectivity index (χ4n) is 2.93. The van der Waals surface area contributed by atoms with Crippen LogP contribution in [0.2, 0.25) is 0 Å². The van der Waals surface area contributed by atoms with Gasteiger partial charge in [0.2, 0.25) is 5.75 Å². The van der Waals surface area contributed by atoms with E-state index in [1.54, 1.807) is 24.3 Å². The topological polar surface area (TPSA) is 90.7 Å². The van der Waals surface area contributed by atoms with E-state index in [2.05, 4.69) is 4.98 Å². The minimum Gasteiger partial charge on any atom is -0.482 e. The second-order valence-corrected chi connectivity index (χ2v) is 6.40. The average molecular weight is 391 g/mol. The van der Waals surface area contributed by atoms with Crippen LogP contribution in [0.15, 0.2) is 65.6 Å². The van der Waals surface area contributed by atoms with Crippen molar-refractivity contribution in [1.29, 1.82) is 0 Å². The molecule has 0 saturated carbocycles. The van der Waals surface area contributed by atoms with E-state index in [9.17, 15) is 14.4 Å². The Labute approximate surface area is 165 Å². The number of aromatic nitrogens is 2. The molecule has 2 heterocycles. The third-order valence-electron chi connectivity index (χ3n) is 4.55. The lowest BCUT2D eigenvalue weighted by molar-refractivity contribution is -0.103. The number of nitrogens with zero attached hydrogens (tertiary/aromatic N) is 3. The van der Waals surface area contributed by atoms with E-state index in [0.717, 1.165) is 5.56 Å². The molecule has 0 aliphatic carbocycles. The zero-order valence-corrected chi connectivity index (χ0v) is 15.6. The first-order valence-electron chi connectivity index (χ1n) is 8.88. The molecule has 8 heteroatoms. The summed E-state index contributed by atoms with van der Waals surface area (Å²) in [5.41, 5.74) is 1.09. The summed E-state index contributed by atoms with van der Waals surface area (Å²) < 4.78 is 6.82. The van der Waals surface area contributed by atoms with Gasteiger partial charge in [-0.1, -0.05) is 42.5 Å². The Hall–Kier alpha value is -3.78. The van der Waals surface area contributed by atoms with Crippen molar-refractivity contribution in [2.24, 2.45) is 7.05 Å². The van der Waals surface area contributed by atoms with E-state index in [4.69, 9.17) is 9.57 Å². The Morgan fingerprint density at radius 3 is 2.14 bits per heavy atom. The molecule has 1 aromatic heterocycles. The summed E-state index contributed by atoms with van der Waals surface area (Å²) in [6.45, 7) is 0.0127. The van der Waals surface area contributed by atoms with Crippen molar-refractivity contribution in [3.8, 4) is 5.75 Å². The molecule has 2 amide bonds. The summed E-state index contributed by atoms with van der Waals surface area (Å²) in [5.74, 6) is -0.740. The molecule has 1 aliphatic rings. The van der Waals surface area contributed by atoms with E-state index in [0.29, 0.717) is 5.06 Å². The largest absolute Gasteiger partial charge is 0.482 e. The second-order valence-electron chi connectivity index (χ2n) is 6.40. The molecule has 8 nitrogen and oxygen atoms in total. The highest BCUT2D eigenvalue weighted by atomic mass is 16.7. The minimum atomic E-state index is -0.543. The fraction of sp³-hybridized carbons (Fsp3) is 0.143. The van der Waals surface area contributed by atoms with Crippen molar-refractivity contribution in [1.82, 2.24) is 14.6 Å². The highest BCUT2D eigenvalue weighted by Gasteiger charge is 2.36. The van der Waals surface area contributed by atoms with Crippen LogP contribution in [0.5, 0.6) is 5.75 Å². The Balaban J connectivity index is 1.45. The van der Waals surface area contributed by atoms with Gasteiger partial charge in [0.1, 0.15) is 19.0 Å². The van der Waals surface area contributed by atoms with Crippen LogP contribution < -0.4 is 10.3 Å². The van der Waals surface area contributed by atoms with Gasteiger partial charge in [-0.2, -0.15) is 0 Å². The van der Waals surface area contributed by atoms with Crippen LogP contribution in [-0.4, -0.2) is 26.4 Å². The quantitative estimate of drug-likeness (QED) is 0.598. The minimum absolute atomic E-state index is 0.0980. The van der Waals surface area contributed by atoms with Gasteiger partial charge >= 0.3 is 0 Å². The zero-order valence-electron chi connectivity index (χ0n) is 15.6. The second kappa shape index (κ2) is 7.69. The maximum Gasteiger partial charge on any atom is 0.295 e. The van der Waals surface area contributed by atoms with Gasteiger partial charge in [-0.15, -0.1) is 5.06 Å². The molecule has 0 bridgehead atoms. The summed E-state index contributed by atoms with van der Waals surface area (Å²) in [6, 6.07) is 15.9. The third-order valence-corrected chi connectivity index (χ3v) is 4.55. The Morgan fingerprint density at radius 1 is 0.862 bits per heavy atom. The van der Waals surface area contributed by atoms with E-state index in [1.165, 1.54) is 17.8 Å². The molecule has 146 valence electrons. The van der Waals surface area contributed by atoms with E-state index in [1.807, 2.05) is 30.3 Å². The van der Waals surface area contributed by atoms with E-state index >= 15 is 0 Å². The molecule has 3 aromatic rings. The van der Waals surface area contributed by atoms with Gasteiger partial charge in [0.15, 0.2) is 0 Å². The van der Waals surface area contributed by atoms with Gasteiger partial charge in [-0.3, -0.25) is 23.8 Å². The first kappa shape index (κ1) is 18.6. The van der Waals surface area contributed by atoms with Crippen molar-refractivity contribution in [2.75, 3.05) is 0 Å². The van der Waals surface area contributed by atoms with Crippen molar-refractivity contribution in [3.05, 3.63) is 93.7 Å². The van der Waals surface area contributed by atoms with Crippen LogP contribution in [0.1, 0.15) is 32.1 Å². The van der Waals surface area contributed by atoms with Gasteiger partial charge < -0.3 is 4.74 Å². The third kappa shape index (κ3) is 3.53. The Morgan fingerprint density at radius 2 is 1.48 bits per heavy atom. The lowest BCUT2D eigenvalue weighted by atomic mass is 10.1. The molecule has 0 saturated heterocycles. The number of rotatable bonds is 6. The van der Waals surface area contributed by atoms with Gasteiger partial charge in [-0.25, -0.2) is 4.98 Å². The van der Waals surface area contributed by atoms with Crippen LogP contribution in [-0.2, 0) is 25.1 Å².